The molecule has 2 N–H and O–H groups in total. The summed E-state index contributed by atoms with van der Waals surface area (Å²) in [4.78, 5) is 24.9. The highest BCUT2D eigenvalue weighted by molar-refractivity contribution is 5.99. The molecule has 2 aromatic carbocycles. The Morgan fingerprint density at radius 1 is 0.525 bits per heavy atom. The van der Waals surface area contributed by atoms with E-state index in [1.54, 1.807) is 48.5 Å². The van der Waals surface area contributed by atoms with E-state index in [1.807, 2.05) is 12.2 Å². The molecule has 0 saturated carbocycles. The fourth-order valence-corrected chi connectivity index (χ4v) is 4.24. The van der Waals surface area contributed by atoms with E-state index in [-0.39, 0.29) is 0 Å². The topological polar surface area (TPSA) is 76.7 Å². The molecule has 218 valence electrons. The van der Waals surface area contributed by atoms with Crippen molar-refractivity contribution in [2.45, 2.75) is 89.9 Å². The lowest BCUT2D eigenvalue weighted by Crippen LogP contribution is -2.41. The van der Waals surface area contributed by atoms with Crippen molar-refractivity contribution >= 4 is 11.8 Å². The van der Waals surface area contributed by atoms with Crippen LogP contribution in [-0.4, -0.2) is 25.0 Å². The van der Waals surface area contributed by atoms with Crippen molar-refractivity contribution in [3.8, 4) is 11.5 Å². The first-order chi connectivity index (χ1) is 19.6. The summed E-state index contributed by atoms with van der Waals surface area (Å²) in [5, 5.41) is 0. The molecule has 40 heavy (non-hydrogen) atoms. The van der Waals surface area contributed by atoms with Crippen molar-refractivity contribution in [2.24, 2.45) is 0 Å². The number of hydrogen-bond acceptors (Lipinski definition) is 4. The van der Waals surface area contributed by atoms with Gasteiger partial charge in [-0.1, -0.05) is 63.5 Å². The summed E-state index contributed by atoms with van der Waals surface area (Å²) in [6, 6.07) is 13.8. The molecule has 0 saturated heterocycles. The van der Waals surface area contributed by atoms with Crippen molar-refractivity contribution < 1.29 is 19.1 Å². The van der Waals surface area contributed by atoms with Gasteiger partial charge in [-0.3, -0.25) is 20.4 Å². The van der Waals surface area contributed by atoms with Crippen LogP contribution in [0.1, 0.15) is 111 Å². The quantitative estimate of drug-likeness (QED) is 0.0880. The Morgan fingerprint density at radius 3 is 1.20 bits per heavy atom. The Hall–Kier alpha value is -3.54. The first-order valence-electron chi connectivity index (χ1n) is 14.9. The molecule has 0 heterocycles. The van der Waals surface area contributed by atoms with Crippen LogP contribution in [0.2, 0.25) is 0 Å². The number of rotatable bonds is 22. The molecule has 2 rings (SSSR count). The average Bonchev–Trinajstić information content (AvgIpc) is 2.98. The predicted molar refractivity (Wildman–Crippen MR) is 164 cm³/mol. The van der Waals surface area contributed by atoms with E-state index in [0.717, 1.165) is 50.0 Å². The maximum absolute atomic E-state index is 12.4. The molecule has 0 aliphatic heterocycles. The zero-order chi connectivity index (χ0) is 28.7. The molecule has 6 nitrogen and oxygen atoms in total. The number of ether oxygens (including phenoxy) is 2. The minimum atomic E-state index is -0.392. The lowest BCUT2D eigenvalue weighted by Gasteiger charge is -2.10. The Balaban J connectivity index is 1.59. The molecule has 0 aliphatic carbocycles. The van der Waals surface area contributed by atoms with Crippen LogP contribution in [0.5, 0.6) is 11.5 Å². The number of hydrogen-bond donors (Lipinski definition) is 2. The maximum atomic E-state index is 12.4. The first-order valence-corrected chi connectivity index (χ1v) is 14.9. The Kier molecular flexibility index (Phi) is 17.4. The molecule has 0 aliphatic rings. The van der Waals surface area contributed by atoms with Crippen molar-refractivity contribution in [3.05, 3.63) is 85.0 Å². The summed E-state index contributed by atoms with van der Waals surface area (Å²) in [5.74, 6) is 0.676. The van der Waals surface area contributed by atoms with Crippen LogP contribution in [0, 0.1) is 0 Å². The Bertz CT molecular complexity index is 905. The number of unbranched alkanes of at least 4 members (excludes halogenated alkanes) is 12. The van der Waals surface area contributed by atoms with Gasteiger partial charge in [0.1, 0.15) is 11.5 Å². The van der Waals surface area contributed by atoms with Crippen LogP contribution in [0.15, 0.2) is 73.8 Å². The van der Waals surface area contributed by atoms with Crippen molar-refractivity contribution in [1.29, 1.82) is 0 Å². The molecule has 0 spiro atoms. The van der Waals surface area contributed by atoms with Gasteiger partial charge in [0.05, 0.1) is 13.2 Å². The molecule has 0 aromatic heterocycles. The summed E-state index contributed by atoms with van der Waals surface area (Å²) in [6.07, 6.45) is 20.4. The summed E-state index contributed by atoms with van der Waals surface area (Å²) >= 11 is 0. The van der Waals surface area contributed by atoms with Gasteiger partial charge in [0.2, 0.25) is 0 Å². The van der Waals surface area contributed by atoms with Gasteiger partial charge >= 0.3 is 0 Å². The molecule has 0 radical (unpaired) electrons. The van der Waals surface area contributed by atoms with Gasteiger partial charge in [-0.25, -0.2) is 0 Å². The fourth-order valence-electron chi connectivity index (χ4n) is 4.24. The van der Waals surface area contributed by atoms with Gasteiger partial charge in [0, 0.05) is 11.1 Å². The second-order valence-electron chi connectivity index (χ2n) is 10.1. The average molecular weight is 549 g/mol. The first kappa shape index (κ1) is 32.7. The second kappa shape index (κ2) is 21.3. The number of carbonyl (C=O) groups is 2. The number of carbonyl (C=O) groups excluding carboxylic acids is 2. The van der Waals surface area contributed by atoms with E-state index in [1.165, 1.54) is 51.4 Å². The molecule has 2 amide bonds. The molecular formula is C34H48N2O4. The maximum Gasteiger partial charge on any atom is 0.269 e. The number of hydrazine groups is 1. The summed E-state index contributed by atoms with van der Waals surface area (Å²) < 4.78 is 11.6. The number of allylic oxidation sites excluding steroid dienone is 2. The lowest BCUT2D eigenvalue weighted by molar-refractivity contribution is 0.0846. The van der Waals surface area contributed by atoms with E-state index >= 15 is 0 Å². The highest BCUT2D eigenvalue weighted by Gasteiger charge is 2.10. The van der Waals surface area contributed by atoms with E-state index in [0.29, 0.717) is 24.3 Å². The van der Waals surface area contributed by atoms with E-state index < -0.39 is 11.8 Å². The normalized spacial score (nSPS) is 10.5. The molecular weight excluding hydrogens is 500 g/mol. The minimum absolute atomic E-state index is 0.392. The third-order valence-electron chi connectivity index (χ3n) is 6.67. The zero-order valence-electron chi connectivity index (χ0n) is 24.1. The largest absolute Gasteiger partial charge is 0.494 e. The molecule has 0 bridgehead atoms. The number of nitrogens with one attached hydrogen (secondary N) is 2. The lowest BCUT2D eigenvalue weighted by atomic mass is 10.1. The Labute approximate surface area is 241 Å². The summed E-state index contributed by atoms with van der Waals surface area (Å²) in [7, 11) is 0. The molecule has 0 fully saturated rings. The fraction of sp³-hybridized carbons (Fsp3) is 0.471. The van der Waals surface area contributed by atoms with Gasteiger partial charge < -0.3 is 9.47 Å². The van der Waals surface area contributed by atoms with Crippen LogP contribution in [0.25, 0.3) is 0 Å². The van der Waals surface area contributed by atoms with E-state index in [2.05, 4.69) is 24.0 Å². The van der Waals surface area contributed by atoms with Gasteiger partial charge in [0.15, 0.2) is 0 Å². The zero-order valence-corrected chi connectivity index (χ0v) is 24.1. The van der Waals surface area contributed by atoms with Crippen LogP contribution in [0.3, 0.4) is 0 Å². The monoisotopic (exact) mass is 548 g/mol. The summed E-state index contributed by atoms with van der Waals surface area (Å²) in [5.41, 5.74) is 5.80. The van der Waals surface area contributed by atoms with Gasteiger partial charge in [0.25, 0.3) is 11.8 Å². The van der Waals surface area contributed by atoms with Gasteiger partial charge in [-0.2, -0.15) is 0 Å². The van der Waals surface area contributed by atoms with Crippen LogP contribution < -0.4 is 20.3 Å². The Morgan fingerprint density at radius 2 is 0.850 bits per heavy atom. The standard InChI is InChI=1S/C34H48N2O4/c1-3-5-7-9-11-13-15-17-27-39-31-23-19-29(20-24-31)33(37)35-36-34(38)30-21-25-32(26-22-30)40-28-18-16-14-12-10-8-6-4-2/h3-4,19-26H,1-2,5-18,27-28H2,(H,35,37)(H,36,38). The third-order valence-corrected chi connectivity index (χ3v) is 6.67. The number of benzene rings is 2. The molecule has 6 heteroatoms. The molecule has 0 unspecified atom stereocenters. The van der Waals surface area contributed by atoms with Crippen molar-refractivity contribution in [3.63, 3.8) is 0 Å². The van der Waals surface area contributed by atoms with Gasteiger partial charge in [-0.05, 0) is 87.1 Å². The summed E-state index contributed by atoms with van der Waals surface area (Å²) in [6.45, 7) is 8.82. The van der Waals surface area contributed by atoms with Crippen molar-refractivity contribution in [2.75, 3.05) is 13.2 Å². The van der Waals surface area contributed by atoms with E-state index in [9.17, 15) is 9.59 Å². The molecule has 2 aromatic rings. The predicted octanol–water partition coefficient (Wildman–Crippen LogP) is 8.35. The van der Waals surface area contributed by atoms with Gasteiger partial charge in [-0.15, -0.1) is 13.2 Å². The van der Waals surface area contributed by atoms with Crippen LogP contribution in [-0.2, 0) is 0 Å². The third kappa shape index (κ3) is 14.6. The van der Waals surface area contributed by atoms with Crippen molar-refractivity contribution in [1.82, 2.24) is 10.9 Å². The number of amides is 2. The highest BCUT2D eigenvalue weighted by atomic mass is 16.5. The second-order valence-corrected chi connectivity index (χ2v) is 10.1. The van der Waals surface area contributed by atoms with Crippen LogP contribution >= 0.6 is 0 Å². The van der Waals surface area contributed by atoms with E-state index in [4.69, 9.17) is 9.47 Å². The molecule has 0 atom stereocenters. The smallest absolute Gasteiger partial charge is 0.269 e. The highest BCUT2D eigenvalue weighted by Crippen LogP contribution is 2.15. The SMILES string of the molecule is C=CCCCCCCCCOc1ccc(C(=O)NNC(=O)c2ccc(OCCCCCCCCC=C)cc2)cc1. The van der Waals surface area contributed by atoms with Crippen LogP contribution in [0.4, 0.5) is 0 Å². The minimum Gasteiger partial charge on any atom is -0.494 e.